The van der Waals surface area contributed by atoms with Gasteiger partial charge < -0.3 is 15.2 Å². The second kappa shape index (κ2) is 6.40. The van der Waals surface area contributed by atoms with Crippen LogP contribution in [-0.2, 0) is 11.2 Å². The van der Waals surface area contributed by atoms with Gasteiger partial charge in [-0.2, -0.15) is 0 Å². The predicted molar refractivity (Wildman–Crippen MR) is 68.9 cm³/mol. The fourth-order valence-corrected chi connectivity index (χ4v) is 2.20. The summed E-state index contributed by atoms with van der Waals surface area (Å²) in [6, 6.07) is 7.34. The fourth-order valence-electron chi connectivity index (χ4n) is 2.20. The van der Waals surface area contributed by atoms with Gasteiger partial charge in [-0.05, 0) is 37.1 Å². The molecule has 0 aliphatic carbocycles. The largest absolute Gasteiger partial charge is 0.493 e. The van der Waals surface area contributed by atoms with Crippen molar-refractivity contribution >= 4 is 5.97 Å². The van der Waals surface area contributed by atoms with Crippen molar-refractivity contribution in [1.82, 2.24) is 5.32 Å². The van der Waals surface area contributed by atoms with Gasteiger partial charge in [0.25, 0.3) is 0 Å². The van der Waals surface area contributed by atoms with Gasteiger partial charge in [0.15, 0.2) is 0 Å². The SMILES string of the molecule is O=C(O)Cc1cccc(OCC2CCCNC2)c1. The van der Waals surface area contributed by atoms with E-state index in [-0.39, 0.29) is 6.42 Å². The van der Waals surface area contributed by atoms with Crippen LogP contribution in [0.1, 0.15) is 18.4 Å². The van der Waals surface area contributed by atoms with Crippen LogP contribution < -0.4 is 10.1 Å². The molecule has 0 saturated carbocycles. The standard InChI is InChI=1S/C14H19NO3/c16-14(17)8-11-3-1-5-13(7-11)18-10-12-4-2-6-15-9-12/h1,3,5,7,12,15H,2,4,6,8-10H2,(H,16,17). The van der Waals surface area contributed by atoms with Crippen LogP contribution in [0.2, 0.25) is 0 Å². The minimum absolute atomic E-state index is 0.0438. The first-order chi connectivity index (χ1) is 8.74. The highest BCUT2D eigenvalue weighted by molar-refractivity contribution is 5.70. The molecule has 1 unspecified atom stereocenters. The number of aliphatic carboxylic acids is 1. The van der Waals surface area contributed by atoms with Crippen LogP contribution in [0.4, 0.5) is 0 Å². The van der Waals surface area contributed by atoms with E-state index in [1.807, 2.05) is 24.3 Å². The molecule has 0 radical (unpaired) electrons. The molecule has 1 saturated heterocycles. The van der Waals surface area contributed by atoms with Crippen molar-refractivity contribution in [3.05, 3.63) is 29.8 Å². The van der Waals surface area contributed by atoms with Gasteiger partial charge in [0.1, 0.15) is 5.75 Å². The van der Waals surface area contributed by atoms with Gasteiger partial charge in [0.05, 0.1) is 13.0 Å². The Bertz CT molecular complexity index is 400. The summed E-state index contributed by atoms with van der Waals surface area (Å²) in [6.07, 6.45) is 2.44. The van der Waals surface area contributed by atoms with Gasteiger partial charge in [-0.15, -0.1) is 0 Å². The molecule has 2 N–H and O–H groups in total. The van der Waals surface area contributed by atoms with Crippen molar-refractivity contribution in [2.75, 3.05) is 19.7 Å². The van der Waals surface area contributed by atoms with E-state index < -0.39 is 5.97 Å². The number of carboxylic acids is 1. The Hall–Kier alpha value is -1.55. The summed E-state index contributed by atoms with van der Waals surface area (Å²) in [4.78, 5) is 10.6. The number of hydrogen-bond acceptors (Lipinski definition) is 3. The third-order valence-electron chi connectivity index (χ3n) is 3.14. The third-order valence-corrected chi connectivity index (χ3v) is 3.14. The van der Waals surface area contributed by atoms with Crippen molar-refractivity contribution in [2.24, 2.45) is 5.92 Å². The zero-order chi connectivity index (χ0) is 12.8. The van der Waals surface area contributed by atoms with Gasteiger partial charge in [-0.3, -0.25) is 4.79 Å². The minimum atomic E-state index is -0.816. The molecule has 1 aromatic carbocycles. The maximum atomic E-state index is 10.6. The lowest BCUT2D eigenvalue weighted by atomic mass is 10.0. The molecule has 98 valence electrons. The van der Waals surface area contributed by atoms with E-state index in [0.717, 1.165) is 24.4 Å². The quantitative estimate of drug-likeness (QED) is 0.833. The molecule has 0 spiro atoms. The Morgan fingerprint density at radius 3 is 3.11 bits per heavy atom. The van der Waals surface area contributed by atoms with Gasteiger partial charge in [-0.25, -0.2) is 0 Å². The third kappa shape index (κ3) is 4.04. The molecular formula is C14H19NO3. The molecular weight excluding hydrogens is 230 g/mol. The summed E-state index contributed by atoms with van der Waals surface area (Å²) in [5.41, 5.74) is 0.779. The highest BCUT2D eigenvalue weighted by atomic mass is 16.5. The molecule has 4 heteroatoms. The van der Waals surface area contributed by atoms with Gasteiger partial charge in [0.2, 0.25) is 0 Å². The van der Waals surface area contributed by atoms with E-state index in [0.29, 0.717) is 12.5 Å². The number of hydrogen-bond donors (Lipinski definition) is 2. The van der Waals surface area contributed by atoms with Crippen molar-refractivity contribution < 1.29 is 14.6 Å². The molecule has 1 heterocycles. The first-order valence-electron chi connectivity index (χ1n) is 6.38. The van der Waals surface area contributed by atoms with E-state index in [1.54, 1.807) is 0 Å². The Kier molecular flexibility index (Phi) is 4.59. The maximum absolute atomic E-state index is 10.6. The molecule has 1 aliphatic rings. The Labute approximate surface area is 107 Å². The van der Waals surface area contributed by atoms with Gasteiger partial charge in [0, 0.05) is 12.5 Å². The molecule has 2 rings (SSSR count). The summed E-state index contributed by atoms with van der Waals surface area (Å²) in [6.45, 7) is 2.81. The second-order valence-electron chi connectivity index (χ2n) is 4.74. The smallest absolute Gasteiger partial charge is 0.307 e. The average molecular weight is 249 g/mol. The highest BCUT2D eigenvalue weighted by Crippen LogP contribution is 2.17. The molecule has 0 amide bonds. The number of rotatable bonds is 5. The molecule has 0 bridgehead atoms. The number of piperidine rings is 1. The van der Waals surface area contributed by atoms with Gasteiger partial charge >= 0.3 is 5.97 Å². The van der Waals surface area contributed by atoms with Crippen LogP contribution in [0.15, 0.2) is 24.3 Å². The molecule has 4 nitrogen and oxygen atoms in total. The van der Waals surface area contributed by atoms with Crippen LogP contribution in [0.3, 0.4) is 0 Å². The molecule has 1 aliphatic heterocycles. The zero-order valence-electron chi connectivity index (χ0n) is 10.4. The number of benzene rings is 1. The second-order valence-corrected chi connectivity index (χ2v) is 4.74. The van der Waals surface area contributed by atoms with Crippen molar-refractivity contribution in [2.45, 2.75) is 19.3 Å². The summed E-state index contributed by atoms with van der Waals surface area (Å²) in [5.74, 6) is 0.504. The summed E-state index contributed by atoms with van der Waals surface area (Å²) in [7, 11) is 0. The van der Waals surface area contributed by atoms with E-state index in [4.69, 9.17) is 9.84 Å². The average Bonchev–Trinajstić information content (AvgIpc) is 2.37. The molecule has 1 aromatic rings. The molecule has 0 aromatic heterocycles. The van der Waals surface area contributed by atoms with Crippen LogP contribution >= 0.6 is 0 Å². The first-order valence-corrected chi connectivity index (χ1v) is 6.38. The topological polar surface area (TPSA) is 58.6 Å². The Balaban J connectivity index is 1.86. The van der Waals surface area contributed by atoms with Gasteiger partial charge in [-0.1, -0.05) is 12.1 Å². The van der Waals surface area contributed by atoms with Crippen molar-refractivity contribution in [1.29, 1.82) is 0 Å². The van der Waals surface area contributed by atoms with Crippen LogP contribution in [-0.4, -0.2) is 30.8 Å². The summed E-state index contributed by atoms with van der Waals surface area (Å²) in [5, 5.41) is 12.1. The lowest BCUT2D eigenvalue weighted by Crippen LogP contribution is -2.33. The zero-order valence-corrected chi connectivity index (χ0v) is 10.4. The minimum Gasteiger partial charge on any atom is -0.493 e. The Morgan fingerprint density at radius 1 is 1.50 bits per heavy atom. The van der Waals surface area contributed by atoms with E-state index in [1.165, 1.54) is 12.8 Å². The highest BCUT2D eigenvalue weighted by Gasteiger charge is 2.13. The molecule has 1 fully saturated rings. The summed E-state index contributed by atoms with van der Waals surface area (Å²) >= 11 is 0. The number of nitrogens with one attached hydrogen (secondary N) is 1. The number of carbonyl (C=O) groups is 1. The maximum Gasteiger partial charge on any atom is 0.307 e. The monoisotopic (exact) mass is 249 g/mol. The van der Waals surface area contributed by atoms with Crippen molar-refractivity contribution in [3.8, 4) is 5.75 Å². The lowest BCUT2D eigenvalue weighted by Gasteiger charge is -2.22. The normalized spacial score (nSPS) is 19.4. The van der Waals surface area contributed by atoms with E-state index in [9.17, 15) is 4.79 Å². The molecule has 18 heavy (non-hydrogen) atoms. The summed E-state index contributed by atoms with van der Waals surface area (Å²) < 4.78 is 5.73. The first kappa shape index (κ1) is 12.9. The number of carboxylic acid groups (broad SMARTS) is 1. The Morgan fingerprint density at radius 2 is 2.39 bits per heavy atom. The van der Waals surface area contributed by atoms with Crippen molar-refractivity contribution in [3.63, 3.8) is 0 Å². The van der Waals surface area contributed by atoms with Crippen LogP contribution in [0.5, 0.6) is 5.75 Å². The van der Waals surface area contributed by atoms with E-state index >= 15 is 0 Å². The lowest BCUT2D eigenvalue weighted by molar-refractivity contribution is -0.136. The van der Waals surface area contributed by atoms with E-state index in [2.05, 4.69) is 5.32 Å². The fraction of sp³-hybridized carbons (Fsp3) is 0.500. The predicted octanol–water partition coefficient (Wildman–Crippen LogP) is 1.69. The molecule has 1 atom stereocenters. The van der Waals surface area contributed by atoms with Crippen LogP contribution in [0, 0.1) is 5.92 Å². The number of ether oxygens (including phenoxy) is 1. The van der Waals surface area contributed by atoms with Crippen LogP contribution in [0.25, 0.3) is 0 Å².